The summed E-state index contributed by atoms with van der Waals surface area (Å²) in [4.78, 5) is 8.20. The number of nitrogens with zero attached hydrogens (tertiary/aromatic N) is 3. The molecule has 108 valence electrons. The Morgan fingerprint density at radius 3 is 2.85 bits per heavy atom. The monoisotopic (exact) mass is 293 g/mol. The first-order valence-electron chi connectivity index (χ1n) is 6.66. The normalized spacial score (nSPS) is 12.2. The Morgan fingerprint density at radius 1 is 1.40 bits per heavy atom. The summed E-state index contributed by atoms with van der Waals surface area (Å²) in [5.41, 5.74) is 2.06. The molecule has 5 nitrogen and oxygen atoms in total. The molecule has 20 heavy (non-hydrogen) atoms. The Labute approximate surface area is 124 Å². The molecular weight excluding hydrogens is 274 g/mol. The largest absolute Gasteiger partial charge is 0.383 e. The highest BCUT2D eigenvalue weighted by molar-refractivity contribution is 6.32. The molecule has 1 unspecified atom stereocenters. The van der Waals surface area contributed by atoms with Crippen LogP contribution >= 0.6 is 11.6 Å². The molecule has 0 aliphatic carbocycles. The summed E-state index contributed by atoms with van der Waals surface area (Å²) in [5.74, 6) is 0.742. The fourth-order valence-corrected chi connectivity index (χ4v) is 2.35. The summed E-state index contributed by atoms with van der Waals surface area (Å²) in [7, 11) is 3.88. The van der Waals surface area contributed by atoms with Crippen molar-refractivity contribution in [1.29, 1.82) is 0 Å². The number of hydrogen-bond donors (Lipinski definition) is 2. The van der Waals surface area contributed by atoms with E-state index >= 15 is 0 Å². The summed E-state index contributed by atoms with van der Waals surface area (Å²) < 4.78 is 2.15. The number of aryl methyl sites for hydroxylation is 2. The predicted octanol–water partition coefficient (Wildman–Crippen LogP) is 2.94. The van der Waals surface area contributed by atoms with Crippen LogP contribution in [-0.2, 0) is 13.5 Å². The molecule has 0 aliphatic heterocycles. The van der Waals surface area contributed by atoms with Crippen molar-refractivity contribution < 1.29 is 0 Å². The second-order valence-corrected chi connectivity index (χ2v) is 5.19. The molecule has 2 aromatic heterocycles. The van der Waals surface area contributed by atoms with Crippen LogP contribution in [0.5, 0.6) is 0 Å². The number of anilines is 2. The Kier molecular flexibility index (Phi) is 4.84. The molecule has 0 spiro atoms. The van der Waals surface area contributed by atoms with Gasteiger partial charge in [0.2, 0.25) is 0 Å². The lowest BCUT2D eigenvalue weighted by Crippen LogP contribution is -2.18. The van der Waals surface area contributed by atoms with E-state index in [0.29, 0.717) is 11.2 Å². The van der Waals surface area contributed by atoms with Crippen LogP contribution in [0.15, 0.2) is 24.7 Å². The zero-order chi connectivity index (χ0) is 14.5. The van der Waals surface area contributed by atoms with Gasteiger partial charge in [-0.1, -0.05) is 11.6 Å². The van der Waals surface area contributed by atoms with Gasteiger partial charge >= 0.3 is 0 Å². The van der Waals surface area contributed by atoms with Gasteiger partial charge in [-0.05, 0) is 31.9 Å². The second-order valence-electron chi connectivity index (χ2n) is 4.83. The summed E-state index contributed by atoms with van der Waals surface area (Å²) >= 11 is 6.04. The lowest BCUT2D eigenvalue weighted by atomic mass is 10.1. The van der Waals surface area contributed by atoms with Gasteiger partial charge in [0.25, 0.3) is 0 Å². The maximum absolute atomic E-state index is 6.04. The molecule has 0 amide bonds. The molecular formula is C14H20ClN5. The van der Waals surface area contributed by atoms with Gasteiger partial charge in [0.15, 0.2) is 11.0 Å². The molecule has 0 bridgehead atoms. The first-order valence-corrected chi connectivity index (χ1v) is 7.04. The van der Waals surface area contributed by atoms with E-state index in [4.69, 9.17) is 11.6 Å². The molecule has 2 rings (SSSR count). The van der Waals surface area contributed by atoms with Crippen LogP contribution in [0.25, 0.3) is 0 Å². The maximum Gasteiger partial charge on any atom is 0.157 e. The highest BCUT2D eigenvalue weighted by Gasteiger charge is 2.11. The zero-order valence-electron chi connectivity index (χ0n) is 12.0. The van der Waals surface area contributed by atoms with Crippen LogP contribution in [0.4, 0.5) is 11.5 Å². The van der Waals surface area contributed by atoms with Crippen molar-refractivity contribution in [3.63, 3.8) is 0 Å². The molecule has 0 aromatic carbocycles. The zero-order valence-corrected chi connectivity index (χ0v) is 12.8. The van der Waals surface area contributed by atoms with Crippen molar-refractivity contribution in [1.82, 2.24) is 14.5 Å². The number of halogens is 1. The minimum absolute atomic E-state index is 0.294. The summed E-state index contributed by atoms with van der Waals surface area (Å²) in [6, 6.07) is 4.51. The highest BCUT2D eigenvalue weighted by atomic mass is 35.5. The van der Waals surface area contributed by atoms with Crippen molar-refractivity contribution in [3.05, 3.63) is 35.5 Å². The van der Waals surface area contributed by atoms with Crippen molar-refractivity contribution in [2.45, 2.75) is 25.8 Å². The molecule has 2 aromatic rings. The third kappa shape index (κ3) is 3.42. The van der Waals surface area contributed by atoms with E-state index < -0.39 is 0 Å². The van der Waals surface area contributed by atoms with E-state index in [1.54, 1.807) is 0 Å². The van der Waals surface area contributed by atoms with Crippen molar-refractivity contribution in [2.75, 3.05) is 17.7 Å². The number of rotatable bonds is 6. The molecule has 0 saturated heterocycles. The molecule has 0 fully saturated rings. The fourth-order valence-electron chi connectivity index (χ4n) is 2.12. The van der Waals surface area contributed by atoms with Gasteiger partial charge in [0.1, 0.15) is 12.0 Å². The van der Waals surface area contributed by atoms with E-state index in [9.17, 15) is 0 Å². The fraction of sp³-hybridized carbons (Fsp3) is 0.429. The third-order valence-electron chi connectivity index (χ3n) is 3.32. The Bertz CT molecular complexity index is 566. The van der Waals surface area contributed by atoms with Crippen LogP contribution in [0.3, 0.4) is 0 Å². The van der Waals surface area contributed by atoms with Gasteiger partial charge in [-0.15, -0.1) is 0 Å². The molecule has 6 heteroatoms. The standard InChI is InChI=1S/C14H20ClN5/c1-10(6-7-11-5-4-8-20(11)3)19-14-12(16-2)13(15)17-9-18-14/h4-5,8-10,16H,6-7H2,1-3H3,(H,17,18,19). The first-order chi connectivity index (χ1) is 9.61. The van der Waals surface area contributed by atoms with Gasteiger partial charge in [0, 0.05) is 32.0 Å². The molecule has 0 radical (unpaired) electrons. The van der Waals surface area contributed by atoms with E-state index in [1.165, 1.54) is 12.0 Å². The Hall–Kier alpha value is -1.75. The average Bonchev–Trinajstić information content (AvgIpc) is 2.82. The van der Waals surface area contributed by atoms with Gasteiger partial charge in [-0.2, -0.15) is 0 Å². The summed E-state index contributed by atoms with van der Waals surface area (Å²) in [5, 5.41) is 6.83. The topological polar surface area (TPSA) is 54.8 Å². The van der Waals surface area contributed by atoms with E-state index in [0.717, 1.165) is 24.3 Å². The van der Waals surface area contributed by atoms with Gasteiger partial charge in [0.05, 0.1) is 0 Å². The van der Waals surface area contributed by atoms with Gasteiger partial charge in [-0.3, -0.25) is 0 Å². The quantitative estimate of drug-likeness (QED) is 0.804. The minimum atomic E-state index is 0.294. The van der Waals surface area contributed by atoms with Crippen molar-refractivity contribution in [2.24, 2.45) is 7.05 Å². The van der Waals surface area contributed by atoms with Crippen LogP contribution in [0.1, 0.15) is 19.0 Å². The number of hydrogen-bond acceptors (Lipinski definition) is 4. The van der Waals surface area contributed by atoms with E-state index in [2.05, 4.69) is 57.5 Å². The van der Waals surface area contributed by atoms with Crippen LogP contribution in [0.2, 0.25) is 5.15 Å². The minimum Gasteiger partial charge on any atom is -0.383 e. The number of aromatic nitrogens is 3. The first kappa shape index (κ1) is 14.7. The molecule has 2 heterocycles. The van der Waals surface area contributed by atoms with Crippen LogP contribution in [-0.4, -0.2) is 27.6 Å². The highest BCUT2D eigenvalue weighted by Crippen LogP contribution is 2.26. The van der Waals surface area contributed by atoms with Crippen LogP contribution < -0.4 is 10.6 Å². The van der Waals surface area contributed by atoms with Crippen LogP contribution in [0, 0.1) is 0 Å². The summed E-state index contributed by atoms with van der Waals surface area (Å²) in [6.45, 7) is 2.14. The lowest BCUT2D eigenvalue weighted by Gasteiger charge is -2.17. The SMILES string of the molecule is CNc1c(Cl)ncnc1NC(C)CCc1cccn1C. The van der Waals surface area contributed by atoms with E-state index in [1.807, 2.05) is 7.05 Å². The van der Waals surface area contributed by atoms with Crippen molar-refractivity contribution in [3.8, 4) is 0 Å². The molecule has 0 saturated carbocycles. The smallest absolute Gasteiger partial charge is 0.157 e. The van der Waals surface area contributed by atoms with Crippen molar-refractivity contribution >= 4 is 23.1 Å². The third-order valence-corrected chi connectivity index (χ3v) is 3.61. The summed E-state index contributed by atoms with van der Waals surface area (Å²) in [6.07, 6.45) is 5.57. The molecule has 0 aliphatic rings. The van der Waals surface area contributed by atoms with Gasteiger partial charge < -0.3 is 15.2 Å². The second kappa shape index (κ2) is 6.61. The Balaban J connectivity index is 1.96. The average molecular weight is 294 g/mol. The molecule has 2 N–H and O–H groups in total. The molecule has 1 atom stereocenters. The maximum atomic E-state index is 6.04. The lowest BCUT2D eigenvalue weighted by molar-refractivity contribution is 0.673. The van der Waals surface area contributed by atoms with Gasteiger partial charge in [-0.25, -0.2) is 9.97 Å². The van der Waals surface area contributed by atoms with E-state index in [-0.39, 0.29) is 0 Å². The number of nitrogens with one attached hydrogen (secondary N) is 2. The predicted molar refractivity (Wildman–Crippen MR) is 83.4 cm³/mol. The Morgan fingerprint density at radius 2 is 2.20 bits per heavy atom.